The highest BCUT2D eigenvalue weighted by Crippen LogP contribution is 2.32. The number of pyridine rings is 1. The molecule has 0 saturated carbocycles. The third-order valence-corrected chi connectivity index (χ3v) is 5.39. The third kappa shape index (κ3) is 4.04. The van der Waals surface area contributed by atoms with E-state index < -0.39 is 11.7 Å². The molecule has 1 fully saturated rings. The number of piperidine rings is 1. The lowest BCUT2D eigenvalue weighted by molar-refractivity contribution is -0.137. The number of alkyl halides is 3. The van der Waals surface area contributed by atoms with Gasteiger partial charge < -0.3 is 10.6 Å². The lowest BCUT2D eigenvalue weighted by atomic mass is 9.89. The Labute approximate surface area is 162 Å². The molecule has 2 heterocycles. The predicted octanol–water partition coefficient (Wildman–Crippen LogP) is 4.28. The summed E-state index contributed by atoms with van der Waals surface area (Å²) in [5.74, 6) is 0.155. The molecule has 3 rings (SSSR count). The highest BCUT2D eigenvalue weighted by molar-refractivity contribution is 6.01. The van der Waals surface area contributed by atoms with Crippen LogP contribution in [0.25, 0.3) is 11.3 Å². The number of carbonyl (C=O) groups excluding carboxylic acids is 1. The van der Waals surface area contributed by atoms with Crippen molar-refractivity contribution in [2.45, 2.75) is 38.9 Å². The standard InChI is InChI=1S/C21H24F3N3O/c1-13-5-7-16(18-8-6-15(12-26-18)21(22,23)24)17(10-13)20(28)27-9-3-4-14(2)19(27)11-25/h5-8,10,12,14,19H,3-4,9,11,25H2,1-2H3. The third-order valence-electron chi connectivity index (χ3n) is 5.39. The minimum absolute atomic E-state index is 0.0461. The molecule has 150 valence electrons. The molecule has 0 spiro atoms. The van der Waals surface area contributed by atoms with E-state index >= 15 is 0 Å². The van der Waals surface area contributed by atoms with E-state index in [0.29, 0.717) is 35.8 Å². The quantitative estimate of drug-likeness (QED) is 0.850. The maximum Gasteiger partial charge on any atom is 0.417 e. The Morgan fingerprint density at radius 3 is 2.64 bits per heavy atom. The first-order chi connectivity index (χ1) is 13.2. The van der Waals surface area contributed by atoms with Crippen molar-refractivity contribution in [3.63, 3.8) is 0 Å². The van der Waals surface area contributed by atoms with Gasteiger partial charge in [-0.1, -0.05) is 24.6 Å². The summed E-state index contributed by atoms with van der Waals surface area (Å²) in [4.78, 5) is 19.1. The second-order valence-corrected chi connectivity index (χ2v) is 7.40. The van der Waals surface area contributed by atoms with Gasteiger partial charge in [-0.25, -0.2) is 0 Å². The second kappa shape index (κ2) is 7.91. The van der Waals surface area contributed by atoms with Crippen LogP contribution in [0, 0.1) is 12.8 Å². The van der Waals surface area contributed by atoms with Crippen LogP contribution in [0.4, 0.5) is 13.2 Å². The van der Waals surface area contributed by atoms with Gasteiger partial charge in [-0.15, -0.1) is 0 Å². The average Bonchev–Trinajstić information content (AvgIpc) is 2.66. The van der Waals surface area contributed by atoms with Gasteiger partial charge in [0.15, 0.2) is 0 Å². The van der Waals surface area contributed by atoms with Crippen molar-refractivity contribution in [3.05, 3.63) is 53.2 Å². The van der Waals surface area contributed by atoms with Gasteiger partial charge in [0.1, 0.15) is 0 Å². The number of carbonyl (C=O) groups is 1. The van der Waals surface area contributed by atoms with Crippen molar-refractivity contribution >= 4 is 5.91 Å². The van der Waals surface area contributed by atoms with Crippen LogP contribution in [0.3, 0.4) is 0 Å². The first-order valence-corrected chi connectivity index (χ1v) is 9.37. The van der Waals surface area contributed by atoms with Gasteiger partial charge in [0.25, 0.3) is 5.91 Å². The lowest BCUT2D eigenvalue weighted by Crippen LogP contribution is -2.51. The molecule has 1 saturated heterocycles. The van der Waals surface area contributed by atoms with Gasteiger partial charge in [-0.2, -0.15) is 13.2 Å². The van der Waals surface area contributed by atoms with Crippen LogP contribution in [0.15, 0.2) is 36.5 Å². The first-order valence-electron chi connectivity index (χ1n) is 9.37. The molecule has 7 heteroatoms. The monoisotopic (exact) mass is 391 g/mol. The van der Waals surface area contributed by atoms with E-state index in [1.165, 1.54) is 6.07 Å². The number of aryl methyl sites for hydroxylation is 1. The number of nitrogens with two attached hydrogens (primary N) is 1. The largest absolute Gasteiger partial charge is 0.417 e. The van der Waals surface area contributed by atoms with Gasteiger partial charge >= 0.3 is 6.18 Å². The molecule has 28 heavy (non-hydrogen) atoms. The minimum atomic E-state index is -4.45. The van der Waals surface area contributed by atoms with Gasteiger partial charge in [-0.05, 0) is 43.9 Å². The number of hydrogen-bond acceptors (Lipinski definition) is 3. The fourth-order valence-corrected chi connectivity index (χ4v) is 3.79. The van der Waals surface area contributed by atoms with E-state index in [0.717, 1.165) is 30.7 Å². The molecule has 0 radical (unpaired) electrons. The molecule has 2 aromatic rings. The summed E-state index contributed by atoms with van der Waals surface area (Å²) in [5.41, 5.74) is 7.31. The summed E-state index contributed by atoms with van der Waals surface area (Å²) >= 11 is 0. The molecule has 4 nitrogen and oxygen atoms in total. The Bertz CT molecular complexity index is 849. The van der Waals surface area contributed by atoms with Gasteiger partial charge in [-0.3, -0.25) is 9.78 Å². The Hall–Kier alpha value is -2.41. The number of rotatable bonds is 3. The van der Waals surface area contributed by atoms with E-state index in [1.807, 2.05) is 13.0 Å². The Morgan fingerprint density at radius 1 is 1.29 bits per heavy atom. The van der Waals surface area contributed by atoms with E-state index in [4.69, 9.17) is 5.73 Å². The van der Waals surface area contributed by atoms with Crippen molar-refractivity contribution in [2.75, 3.05) is 13.1 Å². The average molecular weight is 391 g/mol. The summed E-state index contributed by atoms with van der Waals surface area (Å²) in [5, 5.41) is 0. The topological polar surface area (TPSA) is 59.2 Å². The predicted molar refractivity (Wildman–Crippen MR) is 102 cm³/mol. The fraction of sp³-hybridized carbons (Fsp3) is 0.429. The van der Waals surface area contributed by atoms with Crippen molar-refractivity contribution in [2.24, 2.45) is 11.7 Å². The second-order valence-electron chi connectivity index (χ2n) is 7.40. The minimum Gasteiger partial charge on any atom is -0.334 e. The first kappa shape index (κ1) is 20.3. The summed E-state index contributed by atoms with van der Waals surface area (Å²) in [7, 11) is 0. The van der Waals surface area contributed by atoms with Gasteiger partial charge in [0.2, 0.25) is 0 Å². The van der Waals surface area contributed by atoms with Crippen LogP contribution in [0.1, 0.15) is 41.3 Å². The number of nitrogens with zero attached hydrogens (tertiary/aromatic N) is 2. The van der Waals surface area contributed by atoms with E-state index in [2.05, 4.69) is 11.9 Å². The number of amides is 1. The zero-order valence-corrected chi connectivity index (χ0v) is 16.0. The van der Waals surface area contributed by atoms with Crippen LogP contribution >= 0.6 is 0 Å². The number of benzene rings is 1. The summed E-state index contributed by atoms with van der Waals surface area (Å²) < 4.78 is 38.5. The summed E-state index contributed by atoms with van der Waals surface area (Å²) in [6.07, 6.45) is -1.72. The summed E-state index contributed by atoms with van der Waals surface area (Å²) in [6, 6.07) is 7.58. The zero-order valence-electron chi connectivity index (χ0n) is 16.0. The van der Waals surface area contributed by atoms with Crippen molar-refractivity contribution < 1.29 is 18.0 Å². The van der Waals surface area contributed by atoms with Crippen LogP contribution < -0.4 is 5.73 Å². The summed E-state index contributed by atoms with van der Waals surface area (Å²) in [6.45, 7) is 4.97. The number of hydrogen-bond donors (Lipinski definition) is 1. The van der Waals surface area contributed by atoms with E-state index in [1.54, 1.807) is 17.0 Å². The highest BCUT2D eigenvalue weighted by atomic mass is 19.4. The molecule has 1 amide bonds. The zero-order chi connectivity index (χ0) is 20.5. The molecular formula is C21H24F3N3O. The number of likely N-dealkylation sites (tertiary alicyclic amines) is 1. The fourth-order valence-electron chi connectivity index (χ4n) is 3.79. The number of halogens is 3. The maximum atomic E-state index is 13.3. The number of aromatic nitrogens is 1. The van der Waals surface area contributed by atoms with Crippen LogP contribution in [-0.4, -0.2) is 34.9 Å². The molecule has 2 N–H and O–H groups in total. The maximum absolute atomic E-state index is 13.3. The smallest absolute Gasteiger partial charge is 0.334 e. The van der Waals surface area contributed by atoms with Crippen molar-refractivity contribution in [1.29, 1.82) is 0 Å². The molecule has 1 aliphatic rings. The SMILES string of the molecule is Cc1ccc(-c2ccc(C(F)(F)F)cn2)c(C(=O)N2CCCC(C)C2CN)c1. The van der Waals surface area contributed by atoms with Crippen LogP contribution in [0.5, 0.6) is 0 Å². The molecule has 2 atom stereocenters. The molecule has 2 unspecified atom stereocenters. The molecule has 1 aromatic carbocycles. The molecular weight excluding hydrogens is 367 g/mol. The van der Waals surface area contributed by atoms with E-state index in [-0.39, 0.29) is 11.9 Å². The highest BCUT2D eigenvalue weighted by Gasteiger charge is 2.33. The van der Waals surface area contributed by atoms with Gasteiger partial charge in [0, 0.05) is 36.5 Å². The van der Waals surface area contributed by atoms with Crippen LogP contribution in [-0.2, 0) is 6.18 Å². The Balaban J connectivity index is 2.00. The molecule has 1 aliphatic heterocycles. The molecule has 1 aromatic heterocycles. The lowest BCUT2D eigenvalue weighted by Gasteiger charge is -2.39. The van der Waals surface area contributed by atoms with E-state index in [9.17, 15) is 18.0 Å². The Kier molecular flexibility index (Phi) is 5.74. The molecule has 0 aliphatic carbocycles. The normalized spacial score (nSPS) is 20.3. The molecule has 0 bridgehead atoms. The Morgan fingerprint density at radius 2 is 2.04 bits per heavy atom. The van der Waals surface area contributed by atoms with Crippen molar-refractivity contribution in [3.8, 4) is 11.3 Å². The van der Waals surface area contributed by atoms with Crippen LogP contribution in [0.2, 0.25) is 0 Å². The van der Waals surface area contributed by atoms with Crippen molar-refractivity contribution in [1.82, 2.24) is 9.88 Å². The van der Waals surface area contributed by atoms with Gasteiger partial charge in [0.05, 0.1) is 11.3 Å².